The molecule has 0 spiro atoms. The quantitative estimate of drug-likeness (QED) is 0.213. The molecule has 3 heterocycles. The van der Waals surface area contributed by atoms with E-state index in [0.29, 0.717) is 27.2 Å². The minimum Gasteiger partial charge on any atom is -0.324 e. The van der Waals surface area contributed by atoms with Gasteiger partial charge < -0.3 is 5.32 Å². The molecular weight excluding hydrogens is 596 g/mol. The van der Waals surface area contributed by atoms with Crippen LogP contribution < -0.4 is 10.9 Å². The number of aryl methyl sites for hydroxylation is 1. The minimum absolute atomic E-state index is 0.268. The van der Waals surface area contributed by atoms with Crippen molar-refractivity contribution in [3.8, 4) is 22.5 Å². The van der Waals surface area contributed by atoms with Gasteiger partial charge in [0.2, 0.25) is 5.91 Å². The third kappa shape index (κ3) is 4.76. The van der Waals surface area contributed by atoms with Crippen LogP contribution in [0.1, 0.15) is 5.56 Å². The number of benzene rings is 5. The van der Waals surface area contributed by atoms with Gasteiger partial charge in [-0.25, -0.2) is 14.2 Å². The highest BCUT2D eigenvalue weighted by atomic mass is 35.5. The first-order chi connectivity index (χ1) is 22.4. The first-order valence-electron chi connectivity index (χ1n) is 14.8. The summed E-state index contributed by atoms with van der Waals surface area (Å²) < 4.78 is 3.03. The van der Waals surface area contributed by atoms with Gasteiger partial charge in [-0.2, -0.15) is 10.2 Å². The summed E-state index contributed by atoms with van der Waals surface area (Å²) in [5.41, 5.74) is 6.83. The van der Waals surface area contributed by atoms with Crippen molar-refractivity contribution in [1.29, 1.82) is 0 Å². The van der Waals surface area contributed by atoms with Crippen LogP contribution in [-0.4, -0.2) is 30.3 Å². The number of nitrogens with one attached hydrogen (secondary N) is 1. The molecule has 8 nitrogen and oxygen atoms in total. The molecule has 0 saturated heterocycles. The van der Waals surface area contributed by atoms with Crippen LogP contribution in [0.3, 0.4) is 0 Å². The molecule has 0 aliphatic rings. The molecule has 0 saturated carbocycles. The Labute approximate surface area is 267 Å². The largest absolute Gasteiger partial charge is 0.324 e. The van der Waals surface area contributed by atoms with Gasteiger partial charge in [0.15, 0.2) is 5.65 Å². The molecule has 1 N–H and O–H groups in total. The molecule has 0 fully saturated rings. The van der Waals surface area contributed by atoms with Gasteiger partial charge in [-0.05, 0) is 43.3 Å². The standard InChI is InChI=1S/C37H25ClN6O2/c1-22-10-12-23(13-11-22)35-27-6-2-4-8-29(27)36-40-31-19-18-26(20-32(31)44(36)42-35)39-33(45)21-43-37(46)30-9-5-3-7-28(30)34(41-43)24-14-16-25(38)17-15-24/h2-20H,21H2,1H3,(H,39,45). The van der Waals surface area contributed by atoms with Gasteiger partial charge >= 0.3 is 0 Å². The molecule has 222 valence electrons. The van der Waals surface area contributed by atoms with E-state index in [0.717, 1.165) is 44.3 Å². The van der Waals surface area contributed by atoms with Crippen LogP contribution in [0, 0.1) is 6.92 Å². The summed E-state index contributed by atoms with van der Waals surface area (Å²) in [5, 5.41) is 16.4. The van der Waals surface area contributed by atoms with Crippen LogP contribution in [0.15, 0.2) is 120 Å². The Morgan fingerprint density at radius 2 is 1.35 bits per heavy atom. The summed E-state index contributed by atoms with van der Waals surface area (Å²) in [7, 11) is 0. The van der Waals surface area contributed by atoms with Gasteiger partial charge in [-0.1, -0.05) is 96.0 Å². The van der Waals surface area contributed by atoms with Crippen molar-refractivity contribution in [1.82, 2.24) is 24.4 Å². The number of hydrogen-bond acceptors (Lipinski definition) is 5. The Kier molecular flexibility index (Phi) is 6.58. The number of hydrogen-bond donors (Lipinski definition) is 1. The number of nitrogens with zero attached hydrogens (tertiary/aromatic N) is 5. The average Bonchev–Trinajstić information content (AvgIpc) is 3.45. The summed E-state index contributed by atoms with van der Waals surface area (Å²) in [5.74, 6) is -0.390. The maximum absolute atomic E-state index is 13.4. The van der Waals surface area contributed by atoms with Crippen LogP contribution in [0.4, 0.5) is 5.69 Å². The number of imidazole rings is 1. The number of rotatable bonds is 5. The zero-order chi connectivity index (χ0) is 31.4. The lowest BCUT2D eigenvalue weighted by molar-refractivity contribution is -0.117. The van der Waals surface area contributed by atoms with E-state index in [1.54, 1.807) is 30.3 Å². The van der Waals surface area contributed by atoms with E-state index in [2.05, 4.69) is 47.7 Å². The Hall–Kier alpha value is -5.86. The zero-order valence-corrected chi connectivity index (χ0v) is 25.4. The molecule has 0 bridgehead atoms. The van der Waals surface area contributed by atoms with E-state index in [4.69, 9.17) is 21.7 Å². The van der Waals surface area contributed by atoms with Gasteiger partial charge in [0.25, 0.3) is 5.56 Å². The lowest BCUT2D eigenvalue weighted by Gasteiger charge is -2.12. The van der Waals surface area contributed by atoms with Crippen molar-refractivity contribution in [3.05, 3.63) is 136 Å². The van der Waals surface area contributed by atoms with Crippen molar-refractivity contribution in [3.63, 3.8) is 0 Å². The molecule has 8 aromatic rings. The maximum Gasteiger partial charge on any atom is 0.275 e. The number of anilines is 1. The maximum atomic E-state index is 13.4. The van der Waals surface area contributed by atoms with Crippen molar-refractivity contribution in [2.75, 3.05) is 5.32 Å². The molecule has 0 unspecified atom stereocenters. The second-order valence-corrected chi connectivity index (χ2v) is 11.7. The van der Waals surface area contributed by atoms with E-state index in [1.807, 2.05) is 59.1 Å². The summed E-state index contributed by atoms with van der Waals surface area (Å²) in [6.45, 7) is 1.79. The van der Waals surface area contributed by atoms with E-state index in [9.17, 15) is 9.59 Å². The molecule has 0 atom stereocenters. The number of amides is 1. The molecule has 0 radical (unpaired) electrons. The normalized spacial score (nSPS) is 11.5. The van der Waals surface area contributed by atoms with Crippen LogP contribution in [0.2, 0.25) is 5.02 Å². The van der Waals surface area contributed by atoms with Crippen LogP contribution in [-0.2, 0) is 11.3 Å². The third-order valence-corrected chi connectivity index (χ3v) is 8.39. The van der Waals surface area contributed by atoms with Gasteiger partial charge in [-0.15, -0.1) is 0 Å². The lowest BCUT2D eigenvalue weighted by Crippen LogP contribution is -2.30. The predicted molar refractivity (Wildman–Crippen MR) is 183 cm³/mol. The Morgan fingerprint density at radius 1 is 0.739 bits per heavy atom. The summed E-state index contributed by atoms with van der Waals surface area (Å²) in [6.07, 6.45) is 0. The molecular formula is C37H25ClN6O2. The van der Waals surface area contributed by atoms with Crippen LogP contribution in [0.25, 0.3) is 60.7 Å². The van der Waals surface area contributed by atoms with E-state index < -0.39 is 0 Å². The fraction of sp³-hybridized carbons (Fsp3) is 0.0541. The van der Waals surface area contributed by atoms with E-state index in [1.165, 1.54) is 10.2 Å². The molecule has 8 rings (SSSR count). The fourth-order valence-electron chi connectivity index (χ4n) is 5.88. The van der Waals surface area contributed by atoms with Crippen LogP contribution >= 0.6 is 11.6 Å². The number of carbonyl (C=O) groups is 1. The average molecular weight is 621 g/mol. The molecule has 5 aromatic carbocycles. The summed E-state index contributed by atoms with van der Waals surface area (Å²) in [6, 6.07) is 36.4. The molecule has 0 aliphatic carbocycles. The predicted octanol–water partition coefficient (Wildman–Crippen LogP) is 7.68. The van der Waals surface area contributed by atoms with Crippen LogP contribution in [0.5, 0.6) is 0 Å². The first kappa shape index (κ1) is 27.7. The monoisotopic (exact) mass is 620 g/mol. The zero-order valence-electron chi connectivity index (χ0n) is 24.6. The smallest absolute Gasteiger partial charge is 0.275 e. The van der Waals surface area contributed by atoms with E-state index in [-0.39, 0.29) is 18.0 Å². The second kappa shape index (κ2) is 10.9. The highest BCUT2D eigenvalue weighted by Crippen LogP contribution is 2.32. The highest BCUT2D eigenvalue weighted by molar-refractivity contribution is 6.30. The van der Waals surface area contributed by atoms with Crippen molar-refractivity contribution in [2.45, 2.75) is 13.5 Å². The van der Waals surface area contributed by atoms with Gasteiger partial charge in [0, 0.05) is 38.0 Å². The number of fused-ring (bicyclic) bond motifs is 6. The van der Waals surface area contributed by atoms with Crippen molar-refractivity contribution in [2.24, 2.45) is 0 Å². The van der Waals surface area contributed by atoms with Gasteiger partial charge in [0.05, 0.1) is 27.8 Å². The van der Waals surface area contributed by atoms with Gasteiger partial charge in [0.1, 0.15) is 6.54 Å². The molecule has 1 amide bonds. The number of aromatic nitrogens is 5. The summed E-state index contributed by atoms with van der Waals surface area (Å²) >= 11 is 6.11. The molecule has 9 heteroatoms. The van der Waals surface area contributed by atoms with Crippen molar-refractivity contribution < 1.29 is 4.79 Å². The Bertz CT molecular complexity index is 2540. The van der Waals surface area contributed by atoms with Gasteiger partial charge in [-0.3, -0.25) is 9.59 Å². The number of halogens is 1. The first-order valence-corrected chi connectivity index (χ1v) is 15.1. The lowest BCUT2D eigenvalue weighted by atomic mass is 10.0. The topological polar surface area (TPSA) is 94.2 Å². The van der Waals surface area contributed by atoms with E-state index >= 15 is 0 Å². The molecule has 0 aliphatic heterocycles. The minimum atomic E-state index is -0.390. The SMILES string of the molecule is Cc1ccc(-c2nn3c4cc(NC(=O)Cn5nc(-c6ccc(Cl)cc6)c6ccccc6c5=O)ccc4nc3c3ccccc23)cc1. The third-order valence-electron chi connectivity index (χ3n) is 8.14. The number of carbonyl (C=O) groups excluding carboxylic acids is 1. The van der Waals surface area contributed by atoms with Crippen molar-refractivity contribution >= 4 is 61.4 Å². The Balaban J connectivity index is 1.17. The highest BCUT2D eigenvalue weighted by Gasteiger charge is 2.17. The summed E-state index contributed by atoms with van der Waals surface area (Å²) in [4.78, 5) is 31.7. The molecule has 3 aromatic heterocycles. The second-order valence-electron chi connectivity index (χ2n) is 11.2. The Morgan fingerprint density at radius 3 is 2.07 bits per heavy atom. The molecule has 46 heavy (non-hydrogen) atoms. The fourth-order valence-corrected chi connectivity index (χ4v) is 6.01.